The zero-order chi connectivity index (χ0) is 29.9. The molecule has 5 aromatic carbocycles. The molecule has 212 valence electrons. The number of rotatable bonds is 6. The Balaban J connectivity index is 1.40. The number of amidine groups is 2. The van der Waals surface area contributed by atoms with Gasteiger partial charge >= 0.3 is 0 Å². The molecule has 0 spiro atoms. The molecule has 0 amide bonds. The van der Waals surface area contributed by atoms with Crippen LogP contribution in [0.15, 0.2) is 148 Å². The van der Waals surface area contributed by atoms with Crippen LogP contribution in [0.25, 0.3) is 55.8 Å². The second kappa shape index (κ2) is 11.8. The van der Waals surface area contributed by atoms with Crippen molar-refractivity contribution in [2.75, 3.05) is 6.54 Å². The fraction of sp³-hybridized carbons (Fsp3) is 0.0526. The lowest BCUT2D eigenvalue weighted by Crippen LogP contribution is -2.16. The number of benzene rings is 5. The summed E-state index contributed by atoms with van der Waals surface area (Å²) < 4.78 is 6.51. The van der Waals surface area contributed by atoms with Crippen LogP contribution in [0.5, 0.6) is 0 Å². The van der Waals surface area contributed by atoms with Crippen LogP contribution in [0.3, 0.4) is 0 Å². The molecular weight excluding hydrogens is 542 g/mol. The molecule has 0 fully saturated rings. The van der Waals surface area contributed by atoms with Crippen molar-refractivity contribution in [2.24, 2.45) is 15.7 Å². The highest BCUT2D eigenvalue weighted by Gasteiger charge is 2.20. The van der Waals surface area contributed by atoms with Crippen molar-refractivity contribution in [3.05, 3.63) is 145 Å². The van der Waals surface area contributed by atoms with Gasteiger partial charge in [-0.15, -0.1) is 0 Å². The van der Waals surface area contributed by atoms with Gasteiger partial charge in [0.2, 0.25) is 0 Å². The van der Waals surface area contributed by atoms with Crippen molar-refractivity contribution in [1.29, 1.82) is 0 Å². The maximum atomic E-state index is 6.59. The van der Waals surface area contributed by atoms with Crippen LogP contribution in [0.1, 0.15) is 18.1 Å². The third-order valence-electron chi connectivity index (χ3n) is 7.46. The molecular formula is C38H29N5O. The molecule has 0 aliphatic heterocycles. The van der Waals surface area contributed by atoms with Crippen LogP contribution >= 0.6 is 0 Å². The lowest BCUT2D eigenvalue weighted by atomic mass is 9.98. The highest BCUT2D eigenvalue weighted by Crippen LogP contribution is 2.40. The number of fused-ring (bicyclic) bond motifs is 3. The summed E-state index contributed by atoms with van der Waals surface area (Å²) in [5.74, 6) is 1.65. The van der Waals surface area contributed by atoms with Crippen LogP contribution in [-0.4, -0.2) is 28.2 Å². The largest absolute Gasteiger partial charge is 0.452 e. The van der Waals surface area contributed by atoms with Gasteiger partial charge in [-0.2, -0.15) is 0 Å². The molecule has 7 aromatic rings. The van der Waals surface area contributed by atoms with Crippen molar-refractivity contribution in [3.63, 3.8) is 0 Å². The van der Waals surface area contributed by atoms with E-state index in [4.69, 9.17) is 25.1 Å². The molecule has 2 heterocycles. The van der Waals surface area contributed by atoms with E-state index in [1.54, 1.807) is 0 Å². The standard InChI is InChI=1S/C38H29N5O/c1-2-40-37(26-16-8-4-9-17-26)43-36(39)29-21-12-20-28(24-29)30-22-13-23-31-32(30)34-35(44-31)33(25-14-6-3-7-15-25)41-38(42-34)27-18-10-5-11-19-27/h3-24H,2H2,1H3,(H2,39,40,43). The Morgan fingerprint density at radius 1 is 0.682 bits per heavy atom. The molecule has 0 saturated carbocycles. The summed E-state index contributed by atoms with van der Waals surface area (Å²) in [5, 5.41) is 0.921. The molecule has 0 unspecified atom stereocenters. The fourth-order valence-electron chi connectivity index (χ4n) is 5.39. The molecule has 7 rings (SSSR count). The first-order valence-electron chi connectivity index (χ1n) is 14.6. The number of hydrogen-bond donors (Lipinski definition) is 1. The van der Waals surface area contributed by atoms with E-state index < -0.39 is 0 Å². The van der Waals surface area contributed by atoms with Crippen molar-refractivity contribution in [3.8, 4) is 33.8 Å². The lowest BCUT2D eigenvalue weighted by Gasteiger charge is -2.09. The average Bonchev–Trinajstić information content (AvgIpc) is 3.48. The van der Waals surface area contributed by atoms with Gasteiger partial charge in [-0.25, -0.2) is 15.0 Å². The van der Waals surface area contributed by atoms with E-state index in [0.29, 0.717) is 29.6 Å². The first-order valence-corrected chi connectivity index (χ1v) is 14.6. The highest BCUT2D eigenvalue weighted by atomic mass is 16.3. The van der Waals surface area contributed by atoms with Crippen molar-refractivity contribution in [1.82, 2.24) is 9.97 Å². The Labute approximate surface area is 255 Å². The maximum absolute atomic E-state index is 6.59. The van der Waals surface area contributed by atoms with Gasteiger partial charge in [-0.1, -0.05) is 121 Å². The van der Waals surface area contributed by atoms with Gasteiger partial charge in [0.05, 0.1) is 5.39 Å². The first-order chi connectivity index (χ1) is 21.7. The summed E-state index contributed by atoms with van der Waals surface area (Å²) >= 11 is 0. The van der Waals surface area contributed by atoms with Crippen molar-refractivity contribution in [2.45, 2.75) is 6.92 Å². The summed E-state index contributed by atoms with van der Waals surface area (Å²) in [7, 11) is 0. The van der Waals surface area contributed by atoms with E-state index in [9.17, 15) is 0 Å². The highest BCUT2D eigenvalue weighted by molar-refractivity contribution is 6.14. The van der Waals surface area contributed by atoms with Crippen LogP contribution in [0, 0.1) is 0 Å². The Morgan fingerprint density at radius 2 is 1.32 bits per heavy atom. The van der Waals surface area contributed by atoms with E-state index in [0.717, 1.165) is 55.6 Å². The van der Waals surface area contributed by atoms with Gasteiger partial charge in [0, 0.05) is 28.8 Å². The number of hydrogen-bond acceptors (Lipinski definition) is 4. The molecule has 0 aliphatic carbocycles. The van der Waals surface area contributed by atoms with Gasteiger partial charge in [0.15, 0.2) is 17.2 Å². The third-order valence-corrected chi connectivity index (χ3v) is 7.46. The number of nitrogens with zero attached hydrogens (tertiary/aromatic N) is 4. The Kier molecular flexibility index (Phi) is 7.22. The monoisotopic (exact) mass is 571 g/mol. The zero-order valence-electron chi connectivity index (χ0n) is 24.2. The zero-order valence-corrected chi connectivity index (χ0v) is 24.2. The minimum Gasteiger partial charge on any atom is -0.452 e. The van der Waals surface area contributed by atoms with E-state index in [1.807, 2.05) is 122 Å². The Morgan fingerprint density at radius 3 is 2.05 bits per heavy atom. The normalized spacial score (nSPS) is 12.2. The van der Waals surface area contributed by atoms with E-state index >= 15 is 0 Å². The molecule has 44 heavy (non-hydrogen) atoms. The van der Waals surface area contributed by atoms with Crippen LogP contribution in [0.2, 0.25) is 0 Å². The second-order valence-corrected chi connectivity index (χ2v) is 10.3. The van der Waals surface area contributed by atoms with Gasteiger partial charge in [0.25, 0.3) is 0 Å². The Hall–Kier alpha value is -5.88. The van der Waals surface area contributed by atoms with Gasteiger partial charge in [0.1, 0.15) is 22.6 Å². The number of furan rings is 1. The summed E-state index contributed by atoms with van der Waals surface area (Å²) in [6.07, 6.45) is 0. The van der Waals surface area contributed by atoms with Gasteiger partial charge in [-0.3, -0.25) is 4.99 Å². The Bertz CT molecular complexity index is 2150. The second-order valence-electron chi connectivity index (χ2n) is 10.3. The van der Waals surface area contributed by atoms with Crippen molar-refractivity contribution >= 4 is 33.7 Å². The minimum absolute atomic E-state index is 0.396. The molecule has 0 bridgehead atoms. The first kappa shape index (κ1) is 27.0. The number of aliphatic imine (C=N–C) groups is 2. The molecule has 2 N–H and O–H groups in total. The predicted molar refractivity (Wildman–Crippen MR) is 180 cm³/mol. The SMILES string of the molecule is CCN=C(N=C(N)c1cccc(-c2cccc3oc4c(-c5ccccc5)nc(-c5ccccc5)nc4c23)c1)c1ccccc1. The topological polar surface area (TPSA) is 89.7 Å². The summed E-state index contributed by atoms with van der Waals surface area (Å²) in [5.41, 5.74) is 15.1. The van der Waals surface area contributed by atoms with Crippen molar-refractivity contribution < 1.29 is 4.42 Å². The number of nitrogens with two attached hydrogens (primary N) is 1. The lowest BCUT2D eigenvalue weighted by molar-refractivity contribution is 0.667. The molecule has 0 aliphatic rings. The number of aromatic nitrogens is 2. The van der Waals surface area contributed by atoms with E-state index in [2.05, 4.69) is 23.2 Å². The van der Waals surface area contributed by atoms with E-state index in [-0.39, 0.29) is 0 Å². The summed E-state index contributed by atoms with van der Waals surface area (Å²) in [4.78, 5) is 19.4. The molecule has 0 radical (unpaired) electrons. The van der Waals surface area contributed by atoms with Crippen LogP contribution < -0.4 is 5.73 Å². The molecule has 6 heteroatoms. The minimum atomic E-state index is 0.396. The molecule has 0 saturated heterocycles. The average molecular weight is 572 g/mol. The van der Waals surface area contributed by atoms with Gasteiger partial charge in [-0.05, 0) is 30.2 Å². The quantitative estimate of drug-likeness (QED) is 0.160. The molecule has 2 aromatic heterocycles. The van der Waals surface area contributed by atoms with Crippen LogP contribution in [-0.2, 0) is 0 Å². The van der Waals surface area contributed by atoms with E-state index in [1.165, 1.54) is 0 Å². The molecule has 6 nitrogen and oxygen atoms in total. The van der Waals surface area contributed by atoms with Gasteiger partial charge < -0.3 is 10.2 Å². The van der Waals surface area contributed by atoms with Crippen LogP contribution in [0.4, 0.5) is 0 Å². The summed E-state index contributed by atoms with van der Waals surface area (Å²) in [6, 6.07) is 44.2. The summed E-state index contributed by atoms with van der Waals surface area (Å²) in [6.45, 7) is 2.59. The fourth-order valence-corrected chi connectivity index (χ4v) is 5.39. The third kappa shape index (κ3) is 5.14. The maximum Gasteiger partial charge on any atom is 0.180 e. The molecule has 0 atom stereocenters. The smallest absolute Gasteiger partial charge is 0.180 e. The predicted octanol–water partition coefficient (Wildman–Crippen LogP) is 8.55.